The molecule has 1 atom stereocenters. The minimum Gasteiger partial charge on any atom is -0.314 e. The van der Waals surface area contributed by atoms with Gasteiger partial charge in [0.25, 0.3) is 0 Å². The van der Waals surface area contributed by atoms with Gasteiger partial charge in [-0.3, -0.25) is 4.90 Å². The number of hydrogen-bond acceptors (Lipinski definition) is 2. The van der Waals surface area contributed by atoms with Crippen molar-refractivity contribution in [2.45, 2.75) is 38.6 Å². The highest BCUT2D eigenvalue weighted by Gasteiger charge is 2.44. The van der Waals surface area contributed by atoms with E-state index in [1.54, 1.807) is 0 Å². The SMILES string of the molecule is CCCC1(CN2CCNCC2c2ccccc2)CC1. The molecule has 1 saturated carbocycles. The number of hydrogen-bond donors (Lipinski definition) is 1. The van der Waals surface area contributed by atoms with Crippen molar-refractivity contribution < 1.29 is 0 Å². The van der Waals surface area contributed by atoms with Gasteiger partial charge in [-0.1, -0.05) is 43.7 Å². The fraction of sp³-hybridized carbons (Fsp3) is 0.647. The minimum atomic E-state index is 0.573. The van der Waals surface area contributed by atoms with E-state index in [9.17, 15) is 0 Å². The van der Waals surface area contributed by atoms with Crippen LogP contribution >= 0.6 is 0 Å². The Morgan fingerprint density at radius 1 is 1.26 bits per heavy atom. The first-order valence-corrected chi connectivity index (χ1v) is 7.83. The van der Waals surface area contributed by atoms with Gasteiger partial charge in [0.15, 0.2) is 0 Å². The number of nitrogens with zero attached hydrogens (tertiary/aromatic N) is 1. The maximum absolute atomic E-state index is 3.56. The Balaban J connectivity index is 1.71. The zero-order valence-electron chi connectivity index (χ0n) is 12.1. The molecule has 104 valence electrons. The largest absolute Gasteiger partial charge is 0.314 e. The lowest BCUT2D eigenvalue weighted by Crippen LogP contribution is -2.48. The summed E-state index contributed by atoms with van der Waals surface area (Å²) < 4.78 is 0. The summed E-state index contributed by atoms with van der Waals surface area (Å²) in [6, 6.07) is 11.6. The molecule has 0 amide bonds. The van der Waals surface area contributed by atoms with E-state index in [4.69, 9.17) is 0 Å². The van der Waals surface area contributed by atoms with E-state index in [1.165, 1.54) is 44.3 Å². The van der Waals surface area contributed by atoms with Gasteiger partial charge in [0, 0.05) is 32.2 Å². The van der Waals surface area contributed by atoms with Crippen LogP contribution in [-0.2, 0) is 0 Å². The summed E-state index contributed by atoms with van der Waals surface area (Å²) in [6.07, 6.45) is 5.65. The first-order chi connectivity index (χ1) is 9.33. The molecule has 1 aromatic carbocycles. The Hall–Kier alpha value is -0.860. The zero-order valence-corrected chi connectivity index (χ0v) is 12.1. The summed E-state index contributed by atoms with van der Waals surface area (Å²) in [5, 5.41) is 3.56. The van der Waals surface area contributed by atoms with Gasteiger partial charge in [-0.2, -0.15) is 0 Å². The number of rotatable bonds is 5. The molecule has 1 N–H and O–H groups in total. The van der Waals surface area contributed by atoms with Crippen molar-refractivity contribution in [2.75, 3.05) is 26.2 Å². The maximum Gasteiger partial charge on any atom is 0.0473 e. The third-order valence-electron chi connectivity index (χ3n) is 4.81. The zero-order chi connectivity index (χ0) is 13.1. The molecule has 1 saturated heterocycles. The first kappa shape index (κ1) is 13.1. The number of piperazine rings is 1. The monoisotopic (exact) mass is 258 g/mol. The third kappa shape index (κ3) is 3.01. The molecule has 2 fully saturated rings. The van der Waals surface area contributed by atoms with E-state index < -0.39 is 0 Å². The van der Waals surface area contributed by atoms with E-state index in [0.717, 1.165) is 13.1 Å². The van der Waals surface area contributed by atoms with E-state index in [2.05, 4.69) is 47.5 Å². The smallest absolute Gasteiger partial charge is 0.0473 e. The van der Waals surface area contributed by atoms with Crippen molar-refractivity contribution in [2.24, 2.45) is 5.41 Å². The van der Waals surface area contributed by atoms with Crippen molar-refractivity contribution >= 4 is 0 Å². The Morgan fingerprint density at radius 3 is 2.74 bits per heavy atom. The van der Waals surface area contributed by atoms with Crippen molar-refractivity contribution in [1.29, 1.82) is 0 Å². The van der Waals surface area contributed by atoms with E-state index in [1.807, 2.05) is 0 Å². The van der Waals surface area contributed by atoms with Gasteiger partial charge >= 0.3 is 0 Å². The van der Waals surface area contributed by atoms with Crippen molar-refractivity contribution in [3.05, 3.63) is 35.9 Å². The molecule has 1 aliphatic carbocycles. The van der Waals surface area contributed by atoms with Crippen LogP contribution in [-0.4, -0.2) is 31.1 Å². The average molecular weight is 258 g/mol. The normalized spacial score (nSPS) is 26.3. The van der Waals surface area contributed by atoms with Crippen LogP contribution in [0.4, 0.5) is 0 Å². The molecule has 1 aliphatic heterocycles. The quantitative estimate of drug-likeness (QED) is 0.872. The molecule has 2 nitrogen and oxygen atoms in total. The third-order valence-corrected chi connectivity index (χ3v) is 4.81. The van der Waals surface area contributed by atoms with Gasteiger partial charge < -0.3 is 5.32 Å². The van der Waals surface area contributed by atoms with E-state index in [-0.39, 0.29) is 0 Å². The molecule has 1 heterocycles. The van der Waals surface area contributed by atoms with E-state index >= 15 is 0 Å². The maximum atomic E-state index is 3.56. The van der Waals surface area contributed by atoms with Crippen molar-refractivity contribution in [3.63, 3.8) is 0 Å². The molecular formula is C17H26N2. The predicted octanol–water partition coefficient (Wildman–Crippen LogP) is 3.21. The lowest BCUT2D eigenvalue weighted by molar-refractivity contribution is 0.126. The van der Waals surface area contributed by atoms with Crippen LogP contribution in [0.25, 0.3) is 0 Å². The van der Waals surface area contributed by atoms with Crippen LogP contribution < -0.4 is 5.32 Å². The Kier molecular flexibility index (Phi) is 3.90. The first-order valence-electron chi connectivity index (χ1n) is 7.83. The number of nitrogens with one attached hydrogen (secondary N) is 1. The van der Waals surface area contributed by atoms with Crippen LogP contribution in [0, 0.1) is 5.41 Å². The molecule has 3 rings (SSSR count). The second kappa shape index (κ2) is 5.64. The molecule has 1 unspecified atom stereocenters. The number of benzene rings is 1. The average Bonchev–Trinajstić information content (AvgIpc) is 3.20. The van der Waals surface area contributed by atoms with Crippen molar-refractivity contribution in [3.8, 4) is 0 Å². The van der Waals surface area contributed by atoms with Crippen LogP contribution in [0.15, 0.2) is 30.3 Å². The fourth-order valence-electron chi connectivity index (χ4n) is 3.56. The summed E-state index contributed by atoms with van der Waals surface area (Å²) in [6.45, 7) is 7.08. The van der Waals surface area contributed by atoms with Gasteiger partial charge in [-0.15, -0.1) is 0 Å². The van der Waals surface area contributed by atoms with Crippen LogP contribution in [0.3, 0.4) is 0 Å². The molecule has 0 radical (unpaired) electrons. The summed E-state index contributed by atoms with van der Waals surface area (Å²) in [7, 11) is 0. The molecule has 19 heavy (non-hydrogen) atoms. The Labute approximate surface area is 117 Å². The van der Waals surface area contributed by atoms with Crippen LogP contribution in [0.1, 0.15) is 44.2 Å². The van der Waals surface area contributed by atoms with Gasteiger partial charge in [-0.05, 0) is 30.2 Å². The Morgan fingerprint density at radius 2 is 2.05 bits per heavy atom. The summed E-state index contributed by atoms with van der Waals surface area (Å²) in [5.74, 6) is 0. The summed E-state index contributed by atoms with van der Waals surface area (Å²) >= 11 is 0. The molecule has 2 heteroatoms. The standard InChI is InChI=1S/C17H26N2/c1-2-8-17(9-10-17)14-19-12-11-18-13-16(19)15-6-4-3-5-7-15/h3-7,16,18H,2,8-14H2,1H3. The fourth-order valence-corrected chi connectivity index (χ4v) is 3.56. The highest BCUT2D eigenvalue weighted by atomic mass is 15.2. The molecule has 2 aliphatic rings. The highest BCUT2D eigenvalue weighted by Crippen LogP contribution is 2.51. The summed E-state index contributed by atoms with van der Waals surface area (Å²) in [5.41, 5.74) is 2.14. The molecule has 1 aromatic rings. The minimum absolute atomic E-state index is 0.573. The Bertz CT molecular complexity index is 397. The van der Waals surface area contributed by atoms with Crippen LogP contribution in [0.5, 0.6) is 0 Å². The second-order valence-corrected chi connectivity index (χ2v) is 6.35. The van der Waals surface area contributed by atoms with Gasteiger partial charge in [0.2, 0.25) is 0 Å². The molecule has 0 aromatic heterocycles. The van der Waals surface area contributed by atoms with Crippen molar-refractivity contribution in [1.82, 2.24) is 10.2 Å². The molecule has 0 bridgehead atoms. The predicted molar refractivity (Wildman–Crippen MR) is 80.2 cm³/mol. The lowest BCUT2D eigenvalue weighted by atomic mass is 9.96. The van der Waals surface area contributed by atoms with E-state index in [0.29, 0.717) is 11.5 Å². The summed E-state index contributed by atoms with van der Waals surface area (Å²) in [4.78, 5) is 2.73. The van der Waals surface area contributed by atoms with Gasteiger partial charge in [0.05, 0.1) is 0 Å². The van der Waals surface area contributed by atoms with Gasteiger partial charge in [-0.25, -0.2) is 0 Å². The van der Waals surface area contributed by atoms with Crippen LogP contribution in [0.2, 0.25) is 0 Å². The lowest BCUT2D eigenvalue weighted by Gasteiger charge is -2.39. The highest BCUT2D eigenvalue weighted by molar-refractivity contribution is 5.20. The molecular weight excluding hydrogens is 232 g/mol. The van der Waals surface area contributed by atoms with Gasteiger partial charge in [0.1, 0.15) is 0 Å². The molecule has 0 spiro atoms. The second-order valence-electron chi connectivity index (χ2n) is 6.35. The topological polar surface area (TPSA) is 15.3 Å².